The summed E-state index contributed by atoms with van der Waals surface area (Å²) in [6.45, 7) is 4.84. The molecule has 0 aliphatic heterocycles. The van der Waals surface area contributed by atoms with Crippen molar-refractivity contribution in [1.82, 2.24) is 20.4 Å². The van der Waals surface area contributed by atoms with Gasteiger partial charge in [0, 0.05) is 6.42 Å². The lowest BCUT2D eigenvalue weighted by atomic mass is 10.4. The highest BCUT2D eigenvalue weighted by molar-refractivity contribution is 4.85. The van der Waals surface area contributed by atoms with Gasteiger partial charge in [-0.15, -0.1) is 0 Å². The topological polar surface area (TPSA) is 54.2 Å². The quantitative estimate of drug-likeness (QED) is 0.673. The van der Waals surface area contributed by atoms with Crippen LogP contribution in [-0.2, 0) is 13.0 Å². The van der Waals surface area contributed by atoms with Crippen LogP contribution in [0.2, 0.25) is 0 Å². The van der Waals surface area contributed by atoms with Gasteiger partial charge in [0.25, 0.3) is 0 Å². The predicted molar refractivity (Wildman–Crippen MR) is 58.6 cm³/mol. The number of rotatable bonds is 7. The van der Waals surface area contributed by atoms with E-state index in [0.29, 0.717) is 5.89 Å². The molecule has 1 aromatic rings. The van der Waals surface area contributed by atoms with Crippen molar-refractivity contribution in [3.63, 3.8) is 0 Å². The zero-order valence-electron chi connectivity index (χ0n) is 9.79. The molecule has 0 fully saturated rings. The van der Waals surface area contributed by atoms with E-state index in [1.54, 1.807) is 0 Å². The van der Waals surface area contributed by atoms with E-state index in [1.165, 1.54) is 0 Å². The molecule has 0 amide bonds. The molecule has 0 aliphatic carbocycles. The van der Waals surface area contributed by atoms with Crippen molar-refractivity contribution in [3.8, 4) is 0 Å². The Balaban J connectivity index is 2.27. The maximum atomic E-state index is 5.04. The second-order valence-corrected chi connectivity index (χ2v) is 3.65. The summed E-state index contributed by atoms with van der Waals surface area (Å²) in [5.41, 5.74) is 0. The maximum absolute atomic E-state index is 5.04. The molecule has 0 radical (unpaired) electrons. The van der Waals surface area contributed by atoms with Crippen molar-refractivity contribution in [3.05, 3.63) is 11.7 Å². The highest BCUT2D eigenvalue weighted by atomic mass is 16.5. The molecule has 0 unspecified atom stereocenters. The van der Waals surface area contributed by atoms with Crippen LogP contribution < -0.4 is 5.32 Å². The molecule has 0 spiro atoms. The molecule has 15 heavy (non-hydrogen) atoms. The summed E-state index contributed by atoms with van der Waals surface area (Å²) in [7, 11) is 4.03. The summed E-state index contributed by atoms with van der Waals surface area (Å²) < 4.78 is 5.04. The third kappa shape index (κ3) is 4.40. The molecule has 0 atom stereocenters. The van der Waals surface area contributed by atoms with E-state index in [1.807, 2.05) is 14.0 Å². The van der Waals surface area contributed by atoms with Gasteiger partial charge in [0.05, 0.1) is 6.54 Å². The van der Waals surface area contributed by atoms with Gasteiger partial charge in [-0.25, -0.2) is 0 Å². The van der Waals surface area contributed by atoms with Crippen molar-refractivity contribution in [2.45, 2.75) is 26.3 Å². The van der Waals surface area contributed by atoms with E-state index in [9.17, 15) is 0 Å². The van der Waals surface area contributed by atoms with E-state index in [4.69, 9.17) is 4.52 Å². The van der Waals surface area contributed by atoms with Crippen molar-refractivity contribution in [2.24, 2.45) is 0 Å². The minimum atomic E-state index is 0.716. The van der Waals surface area contributed by atoms with Crippen LogP contribution in [0.5, 0.6) is 0 Å². The van der Waals surface area contributed by atoms with E-state index in [2.05, 4.69) is 27.4 Å². The van der Waals surface area contributed by atoms with Crippen molar-refractivity contribution in [1.29, 1.82) is 0 Å². The van der Waals surface area contributed by atoms with Gasteiger partial charge >= 0.3 is 0 Å². The lowest BCUT2D eigenvalue weighted by Crippen LogP contribution is -2.22. The van der Waals surface area contributed by atoms with Crippen molar-refractivity contribution < 1.29 is 4.52 Å². The van der Waals surface area contributed by atoms with Gasteiger partial charge in [-0.05, 0) is 33.6 Å². The zero-order chi connectivity index (χ0) is 11.1. The number of hydrogen-bond acceptors (Lipinski definition) is 5. The average Bonchev–Trinajstić information content (AvgIpc) is 2.66. The second-order valence-electron chi connectivity index (χ2n) is 3.65. The Morgan fingerprint density at radius 2 is 2.27 bits per heavy atom. The third-order valence-electron chi connectivity index (χ3n) is 2.19. The first-order valence-corrected chi connectivity index (χ1v) is 5.40. The van der Waals surface area contributed by atoms with Gasteiger partial charge in [-0.2, -0.15) is 4.98 Å². The number of aromatic nitrogens is 2. The first-order chi connectivity index (χ1) is 7.26. The molecule has 86 valence electrons. The van der Waals surface area contributed by atoms with Crippen molar-refractivity contribution in [2.75, 3.05) is 27.2 Å². The molecule has 5 heteroatoms. The molecule has 1 heterocycles. The first-order valence-electron chi connectivity index (χ1n) is 5.40. The molecule has 1 rings (SSSR count). The van der Waals surface area contributed by atoms with Crippen LogP contribution in [0.1, 0.15) is 25.1 Å². The van der Waals surface area contributed by atoms with E-state index in [0.717, 1.165) is 38.3 Å². The standard InChI is InChI=1S/C10H20N4O/c1-4-10-12-9(13-15-10)8-14(3)7-5-6-11-2/h11H,4-8H2,1-3H3. The normalized spacial score (nSPS) is 11.2. The average molecular weight is 212 g/mol. The molecule has 0 aliphatic rings. The fraction of sp³-hybridized carbons (Fsp3) is 0.800. The first kappa shape index (κ1) is 12.1. The van der Waals surface area contributed by atoms with Crippen LogP contribution >= 0.6 is 0 Å². The molecular formula is C10H20N4O. The SMILES string of the molecule is CCc1nc(CN(C)CCCNC)no1. The monoisotopic (exact) mass is 212 g/mol. The summed E-state index contributed by atoms with van der Waals surface area (Å²) >= 11 is 0. The lowest BCUT2D eigenvalue weighted by Gasteiger charge is -2.13. The van der Waals surface area contributed by atoms with Crippen LogP contribution in [-0.4, -0.2) is 42.2 Å². The summed E-state index contributed by atoms with van der Waals surface area (Å²) in [5, 5.41) is 7.04. The van der Waals surface area contributed by atoms with Crippen LogP contribution in [0.4, 0.5) is 0 Å². The molecule has 5 nitrogen and oxygen atoms in total. The fourth-order valence-corrected chi connectivity index (χ4v) is 1.34. The Morgan fingerprint density at radius 1 is 1.47 bits per heavy atom. The number of hydrogen-bond donors (Lipinski definition) is 1. The molecule has 0 bridgehead atoms. The predicted octanol–water partition coefficient (Wildman–Crippen LogP) is 0.673. The molecule has 1 N–H and O–H groups in total. The summed E-state index contributed by atoms with van der Waals surface area (Å²) in [5.74, 6) is 1.49. The number of nitrogens with zero attached hydrogens (tertiary/aromatic N) is 3. The second kappa shape index (κ2) is 6.53. The van der Waals surface area contributed by atoms with Crippen LogP contribution in [0, 0.1) is 0 Å². The number of nitrogens with one attached hydrogen (secondary N) is 1. The fourth-order valence-electron chi connectivity index (χ4n) is 1.34. The summed E-state index contributed by atoms with van der Waals surface area (Å²) in [4.78, 5) is 6.46. The highest BCUT2D eigenvalue weighted by Gasteiger charge is 2.06. The minimum Gasteiger partial charge on any atom is -0.339 e. The summed E-state index contributed by atoms with van der Waals surface area (Å²) in [6, 6.07) is 0. The van der Waals surface area contributed by atoms with Gasteiger partial charge < -0.3 is 9.84 Å². The minimum absolute atomic E-state index is 0.716. The Kier molecular flexibility index (Phi) is 5.28. The van der Waals surface area contributed by atoms with Crippen molar-refractivity contribution >= 4 is 0 Å². The Labute approximate surface area is 90.8 Å². The van der Waals surface area contributed by atoms with Gasteiger partial charge in [0.15, 0.2) is 5.82 Å². The van der Waals surface area contributed by atoms with Gasteiger partial charge in [-0.3, -0.25) is 4.90 Å². The molecular weight excluding hydrogens is 192 g/mol. The Hall–Kier alpha value is -0.940. The molecule has 1 aromatic heterocycles. The van der Waals surface area contributed by atoms with Crippen LogP contribution in [0.25, 0.3) is 0 Å². The van der Waals surface area contributed by atoms with Gasteiger partial charge in [0.1, 0.15) is 0 Å². The van der Waals surface area contributed by atoms with Crippen LogP contribution in [0.15, 0.2) is 4.52 Å². The van der Waals surface area contributed by atoms with Crippen LogP contribution in [0.3, 0.4) is 0 Å². The van der Waals surface area contributed by atoms with Gasteiger partial charge in [0.2, 0.25) is 5.89 Å². The third-order valence-corrected chi connectivity index (χ3v) is 2.19. The Bertz CT molecular complexity index is 274. The zero-order valence-corrected chi connectivity index (χ0v) is 9.79. The highest BCUT2D eigenvalue weighted by Crippen LogP contribution is 2.01. The van der Waals surface area contributed by atoms with E-state index < -0.39 is 0 Å². The smallest absolute Gasteiger partial charge is 0.226 e. The maximum Gasteiger partial charge on any atom is 0.226 e. The number of aryl methyl sites for hydroxylation is 1. The molecule has 0 aromatic carbocycles. The molecule has 0 saturated heterocycles. The largest absolute Gasteiger partial charge is 0.339 e. The van der Waals surface area contributed by atoms with E-state index in [-0.39, 0.29) is 0 Å². The molecule has 0 saturated carbocycles. The lowest BCUT2D eigenvalue weighted by molar-refractivity contribution is 0.302. The Morgan fingerprint density at radius 3 is 2.87 bits per heavy atom. The van der Waals surface area contributed by atoms with Gasteiger partial charge in [-0.1, -0.05) is 12.1 Å². The van der Waals surface area contributed by atoms with E-state index >= 15 is 0 Å². The summed E-state index contributed by atoms with van der Waals surface area (Å²) in [6.07, 6.45) is 1.93.